The lowest BCUT2D eigenvalue weighted by molar-refractivity contribution is 0.663. The lowest BCUT2D eigenvalue weighted by Crippen LogP contribution is -2.15. The smallest absolute Gasteiger partial charge is 0.145 e. The maximum Gasteiger partial charge on any atom is 0.145 e. The minimum atomic E-state index is -0.0958. The first-order chi connectivity index (χ1) is 21.6. The van der Waals surface area contributed by atoms with Gasteiger partial charge in [-0.2, -0.15) is 0 Å². The number of benzene rings is 7. The van der Waals surface area contributed by atoms with Crippen LogP contribution in [0.3, 0.4) is 0 Å². The Kier molecular flexibility index (Phi) is 5.28. The van der Waals surface area contributed by atoms with Crippen LogP contribution in [-0.4, -0.2) is 9.55 Å². The second-order valence-corrected chi connectivity index (χ2v) is 12.5. The van der Waals surface area contributed by atoms with E-state index in [0.717, 1.165) is 28.1 Å². The van der Waals surface area contributed by atoms with Crippen molar-refractivity contribution in [2.45, 2.75) is 19.3 Å². The summed E-state index contributed by atoms with van der Waals surface area (Å²) in [5.41, 5.74) is 12.1. The van der Waals surface area contributed by atoms with Crippen LogP contribution >= 0.6 is 0 Å². The van der Waals surface area contributed by atoms with Crippen LogP contribution in [0.25, 0.3) is 71.9 Å². The molecule has 0 saturated carbocycles. The van der Waals surface area contributed by atoms with E-state index in [1.54, 1.807) is 0 Å². The number of hydrogen-bond acceptors (Lipinski definition) is 1. The van der Waals surface area contributed by atoms with Crippen molar-refractivity contribution in [1.82, 2.24) is 9.55 Å². The van der Waals surface area contributed by atoms with Crippen molar-refractivity contribution in [3.05, 3.63) is 157 Å². The van der Waals surface area contributed by atoms with Crippen molar-refractivity contribution in [1.29, 1.82) is 0 Å². The highest BCUT2D eigenvalue weighted by molar-refractivity contribution is 6.16. The highest BCUT2D eigenvalue weighted by atomic mass is 15.1. The molecule has 0 amide bonds. The molecule has 8 aromatic rings. The lowest BCUT2D eigenvalue weighted by atomic mass is 9.80. The first kappa shape index (κ1) is 25.1. The third kappa shape index (κ3) is 3.64. The normalized spacial score (nSPS) is 13.4. The van der Waals surface area contributed by atoms with Gasteiger partial charge in [0.1, 0.15) is 5.82 Å². The summed E-state index contributed by atoms with van der Waals surface area (Å²) in [5.74, 6) is 0.953. The molecule has 0 fully saturated rings. The van der Waals surface area contributed by atoms with Crippen molar-refractivity contribution in [2.75, 3.05) is 0 Å². The fourth-order valence-electron chi connectivity index (χ4n) is 7.29. The first-order valence-electron chi connectivity index (χ1n) is 15.3. The number of aromatic nitrogens is 2. The van der Waals surface area contributed by atoms with Gasteiger partial charge in [0, 0.05) is 16.7 Å². The molecular weight excluding hydrogens is 532 g/mol. The minimum Gasteiger partial charge on any atom is -0.292 e. The quantitative estimate of drug-likeness (QED) is 0.195. The average Bonchev–Trinajstić information content (AvgIpc) is 3.58. The Morgan fingerprint density at radius 3 is 1.64 bits per heavy atom. The van der Waals surface area contributed by atoms with E-state index in [-0.39, 0.29) is 5.41 Å². The maximum atomic E-state index is 5.07. The molecule has 9 rings (SSSR count). The zero-order valence-electron chi connectivity index (χ0n) is 24.8. The predicted octanol–water partition coefficient (Wildman–Crippen LogP) is 11.0. The largest absolute Gasteiger partial charge is 0.292 e. The summed E-state index contributed by atoms with van der Waals surface area (Å²) in [5, 5.41) is 5.43. The van der Waals surface area contributed by atoms with E-state index in [2.05, 4.69) is 164 Å². The third-order valence-corrected chi connectivity index (χ3v) is 9.54. The molecule has 1 aliphatic carbocycles. The minimum absolute atomic E-state index is 0.0958. The van der Waals surface area contributed by atoms with Crippen molar-refractivity contribution in [3.8, 4) is 39.3 Å². The van der Waals surface area contributed by atoms with Crippen molar-refractivity contribution in [2.24, 2.45) is 0 Å². The Morgan fingerprint density at radius 1 is 0.477 bits per heavy atom. The van der Waals surface area contributed by atoms with E-state index in [1.807, 2.05) is 0 Å². The van der Waals surface area contributed by atoms with E-state index in [0.29, 0.717) is 0 Å². The average molecular weight is 563 g/mol. The highest BCUT2D eigenvalue weighted by Crippen LogP contribution is 2.51. The maximum absolute atomic E-state index is 5.07. The van der Waals surface area contributed by atoms with Gasteiger partial charge in [-0.25, -0.2) is 4.98 Å². The molecule has 7 aromatic carbocycles. The van der Waals surface area contributed by atoms with Gasteiger partial charge in [0.05, 0.1) is 11.0 Å². The van der Waals surface area contributed by atoms with E-state index in [9.17, 15) is 0 Å². The van der Waals surface area contributed by atoms with Gasteiger partial charge >= 0.3 is 0 Å². The van der Waals surface area contributed by atoms with Gasteiger partial charge in [0.15, 0.2) is 0 Å². The van der Waals surface area contributed by atoms with Crippen molar-refractivity contribution in [3.63, 3.8) is 0 Å². The predicted molar refractivity (Wildman–Crippen MR) is 185 cm³/mol. The Bertz CT molecular complexity index is 2380. The molecule has 208 valence electrons. The van der Waals surface area contributed by atoms with Crippen LogP contribution in [0.1, 0.15) is 25.0 Å². The Balaban J connectivity index is 1.16. The monoisotopic (exact) mass is 562 g/mol. The molecule has 1 heterocycles. The zero-order chi connectivity index (χ0) is 29.4. The standard InChI is InChI=1S/C42H30N2/c1-42(2)35-25-32(27-11-5-3-6-12-27)23-30-21-22-31-24-33(26-36(42)40(31)39(30)35)28-17-19-29(20-18-28)41-43-37-15-9-10-16-38(37)44(41)34-13-7-4-8-14-34/h3-26H,1-2H3. The molecule has 0 saturated heterocycles. The van der Waals surface area contributed by atoms with Crippen LogP contribution in [-0.2, 0) is 5.41 Å². The molecule has 2 nitrogen and oxygen atoms in total. The second-order valence-electron chi connectivity index (χ2n) is 12.5. The van der Waals surface area contributed by atoms with Gasteiger partial charge in [-0.1, -0.05) is 111 Å². The molecule has 0 N–H and O–H groups in total. The number of para-hydroxylation sites is 3. The van der Waals surface area contributed by atoms with Crippen LogP contribution in [0, 0.1) is 0 Å². The fourth-order valence-corrected chi connectivity index (χ4v) is 7.29. The molecular formula is C42H30N2. The second kappa shape index (κ2) is 9.26. The molecule has 0 unspecified atom stereocenters. The summed E-state index contributed by atoms with van der Waals surface area (Å²) in [6, 6.07) is 52.7. The van der Waals surface area contributed by atoms with Gasteiger partial charge < -0.3 is 0 Å². The molecule has 0 spiro atoms. The Hall–Kier alpha value is -5.47. The number of fused-ring (bicyclic) bond motifs is 1. The highest BCUT2D eigenvalue weighted by Gasteiger charge is 2.35. The van der Waals surface area contributed by atoms with Gasteiger partial charge in [0.2, 0.25) is 0 Å². The molecule has 2 heteroatoms. The SMILES string of the molecule is CC1(C)c2cc(-c3ccccc3)cc3ccc4cc(-c5ccc(-c6nc7ccccc7n6-c6ccccc6)cc5)cc1c4c23. The Labute approximate surface area is 256 Å². The van der Waals surface area contributed by atoms with Gasteiger partial charge in [-0.15, -0.1) is 0 Å². The van der Waals surface area contributed by atoms with Gasteiger partial charge in [0.25, 0.3) is 0 Å². The van der Waals surface area contributed by atoms with Crippen molar-refractivity contribution < 1.29 is 0 Å². The fraction of sp³-hybridized carbons (Fsp3) is 0.0714. The van der Waals surface area contributed by atoms with Crippen LogP contribution in [0.15, 0.2) is 146 Å². The number of hydrogen-bond donors (Lipinski definition) is 0. The van der Waals surface area contributed by atoms with Gasteiger partial charge in [-0.05, 0) is 103 Å². The topological polar surface area (TPSA) is 17.8 Å². The van der Waals surface area contributed by atoms with E-state index >= 15 is 0 Å². The first-order valence-corrected chi connectivity index (χ1v) is 15.3. The van der Waals surface area contributed by atoms with Gasteiger partial charge in [-0.3, -0.25) is 4.57 Å². The number of rotatable bonds is 4. The molecule has 0 bridgehead atoms. The van der Waals surface area contributed by atoms with Crippen LogP contribution in [0.4, 0.5) is 0 Å². The number of nitrogens with zero attached hydrogens (tertiary/aromatic N) is 2. The summed E-state index contributed by atoms with van der Waals surface area (Å²) in [6.07, 6.45) is 0. The summed E-state index contributed by atoms with van der Waals surface area (Å²) >= 11 is 0. The third-order valence-electron chi connectivity index (χ3n) is 9.54. The molecule has 1 aromatic heterocycles. The molecule has 0 radical (unpaired) electrons. The van der Waals surface area contributed by atoms with Crippen LogP contribution in [0.2, 0.25) is 0 Å². The number of imidazole rings is 1. The lowest BCUT2D eigenvalue weighted by Gasteiger charge is -2.23. The van der Waals surface area contributed by atoms with E-state index < -0.39 is 0 Å². The molecule has 44 heavy (non-hydrogen) atoms. The summed E-state index contributed by atoms with van der Waals surface area (Å²) in [7, 11) is 0. The summed E-state index contributed by atoms with van der Waals surface area (Å²) < 4.78 is 2.26. The molecule has 0 aliphatic heterocycles. The van der Waals surface area contributed by atoms with Crippen LogP contribution in [0.5, 0.6) is 0 Å². The Morgan fingerprint density at radius 2 is 1.00 bits per heavy atom. The summed E-state index contributed by atoms with van der Waals surface area (Å²) in [4.78, 5) is 5.07. The van der Waals surface area contributed by atoms with Crippen molar-refractivity contribution >= 4 is 32.6 Å². The van der Waals surface area contributed by atoms with Crippen LogP contribution < -0.4 is 0 Å². The zero-order valence-corrected chi connectivity index (χ0v) is 24.8. The molecule has 1 aliphatic rings. The summed E-state index contributed by atoms with van der Waals surface area (Å²) in [6.45, 7) is 4.76. The molecule has 0 atom stereocenters. The van der Waals surface area contributed by atoms with E-state index in [4.69, 9.17) is 4.98 Å². The van der Waals surface area contributed by atoms with E-state index in [1.165, 1.54) is 54.9 Å².